The van der Waals surface area contributed by atoms with E-state index in [4.69, 9.17) is 5.11 Å². The first-order valence-electron chi connectivity index (χ1n) is 6.40. The number of benzene rings is 1. The molecule has 0 radical (unpaired) electrons. The van der Waals surface area contributed by atoms with Crippen molar-refractivity contribution in [1.82, 2.24) is 4.90 Å². The smallest absolute Gasteiger partial charge is 0.308 e. The normalized spacial score (nSPS) is 12.3. The molecule has 0 aliphatic carbocycles. The third-order valence-corrected chi connectivity index (χ3v) is 3.64. The zero-order chi connectivity index (χ0) is 15.1. The van der Waals surface area contributed by atoms with Crippen LogP contribution in [0.25, 0.3) is 6.08 Å². The van der Waals surface area contributed by atoms with Gasteiger partial charge >= 0.3 is 5.97 Å². The molecule has 0 aliphatic rings. The lowest BCUT2D eigenvalue weighted by molar-refractivity contribution is -0.142. The first kappa shape index (κ1) is 16.4. The molecule has 0 saturated carbocycles. The Hall–Kier alpha value is -1.62. The van der Waals surface area contributed by atoms with E-state index in [-0.39, 0.29) is 12.5 Å². The van der Waals surface area contributed by atoms with E-state index in [1.54, 1.807) is 13.0 Å². The first-order chi connectivity index (χ1) is 9.45. The third-order valence-electron chi connectivity index (χ3n) is 2.92. The van der Waals surface area contributed by atoms with Gasteiger partial charge in [-0.3, -0.25) is 9.59 Å². The van der Waals surface area contributed by atoms with Gasteiger partial charge in [0.25, 0.3) is 0 Å². The second kappa shape index (κ2) is 7.85. The molecule has 1 unspecified atom stereocenters. The lowest BCUT2D eigenvalue weighted by atomic mass is 10.1. The number of rotatable bonds is 6. The summed E-state index contributed by atoms with van der Waals surface area (Å²) >= 11 is 3.41. The minimum atomic E-state index is -0.897. The fraction of sp³-hybridized carbons (Fsp3) is 0.333. The van der Waals surface area contributed by atoms with Gasteiger partial charge in [-0.1, -0.05) is 41.1 Å². The average Bonchev–Trinajstić information content (AvgIpc) is 2.43. The number of nitrogens with zero attached hydrogens (tertiary/aromatic N) is 1. The standard InChI is InChI=1S/C15H18BrNO3/c1-3-17(10-11(2)15(19)20)14(18)9-8-12-6-4-5-7-13(12)16/h4-9,11H,3,10H2,1-2H3,(H,19,20). The van der Waals surface area contributed by atoms with Crippen molar-refractivity contribution >= 4 is 33.9 Å². The third kappa shape index (κ3) is 4.81. The van der Waals surface area contributed by atoms with Gasteiger partial charge in [-0.15, -0.1) is 0 Å². The van der Waals surface area contributed by atoms with E-state index in [0.717, 1.165) is 10.0 Å². The molecule has 0 aromatic heterocycles. The molecule has 0 bridgehead atoms. The Labute approximate surface area is 127 Å². The summed E-state index contributed by atoms with van der Waals surface area (Å²) in [6.45, 7) is 4.12. The highest BCUT2D eigenvalue weighted by molar-refractivity contribution is 9.10. The minimum absolute atomic E-state index is 0.184. The van der Waals surface area contributed by atoms with E-state index in [0.29, 0.717) is 6.54 Å². The zero-order valence-electron chi connectivity index (χ0n) is 11.5. The maximum atomic E-state index is 12.0. The minimum Gasteiger partial charge on any atom is -0.481 e. The largest absolute Gasteiger partial charge is 0.481 e. The zero-order valence-corrected chi connectivity index (χ0v) is 13.1. The Kier molecular flexibility index (Phi) is 6.45. The Balaban J connectivity index is 2.73. The van der Waals surface area contributed by atoms with E-state index in [1.165, 1.54) is 11.0 Å². The van der Waals surface area contributed by atoms with Crippen LogP contribution in [0.1, 0.15) is 19.4 Å². The second-order valence-corrected chi connectivity index (χ2v) is 5.33. The predicted octanol–water partition coefficient (Wildman–Crippen LogP) is 3.03. The van der Waals surface area contributed by atoms with Crippen molar-refractivity contribution in [3.8, 4) is 0 Å². The van der Waals surface area contributed by atoms with E-state index >= 15 is 0 Å². The topological polar surface area (TPSA) is 57.6 Å². The fourth-order valence-corrected chi connectivity index (χ4v) is 2.08. The molecule has 0 spiro atoms. The molecule has 1 aromatic rings. The molecule has 0 aliphatic heterocycles. The summed E-state index contributed by atoms with van der Waals surface area (Å²) in [4.78, 5) is 24.4. The number of halogens is 1. The van der Waals surface area contributed by atoms with E-state index in [9.17, 15) is 9.59 Å². The van der Waals surface area contributed by atoms with Crippen molar-refractivity contribution in [1.29, 1.82) is 0 Å². The predicted molar refractivity (Wildman–Crippen MR) is 82.2 cm³/mol. The number of carboxylic acid groups (broad SMARTS) is 1. The summed E-state index contributed by atoms with van der Waals surface area (Å²) < 4.78 is 0.908. The van der Waals surface area contributed by atoms with Crippen molar-refractivity contribution in [3.63, 3.8) is 0 Å². The molecule has 1 amide bonds. The molecular formula is C15H18BrNO3. The van der Waals surface area contributed by atoms with Crippen LogP contribution in [0.4, 0.5) is 0 Å². The summed E-state index contributed by atoms with van der Waals surface area (Å²) in [5.41, 5.74) is 0.906. The molecule has 0 fully saturated rings. The number of carbonyl (C=O) groups excluding carboxylic acids is 1. The molecule has 5 heteroatoms. The van der Waals surface area contributed by atoms with Gasteiger partial charge in [0.2, 0.25) is 5.91 Å². The Bertz CT molecular complexity index is 514. The monoisotopic (exact) mass is 339 g/mol. The molecule has 20 heavy (non-hydrogen) atoms. The molecule has 108 valence electrons. The van der Waals surface area contributed by atoms with Crippen molar-refractivity contribution < 1.29 is 14.7 Å². The number of aliphatic carboxylic acids is 1. The summed E-state index contributed by atoms with van der Waals surface area (Å²) in [7, 11) is 0. The van der Waals surface area contributed by atoms with Gasteiger partial charge in [0.15, 0.2) is 0 Å². The van der Waals surface area contributed by atoms with Crippen molar-refractivity contribution in [2.45, 2.75) is 13.8 Å². The van der Waals surface area contributed by atoms with Gasteiger partial charge in [-0.05, 0) is 24.6 Å². The van der Waals surface area contributed by atoms with Crippen LogP contribution in [0.15, 0.2) is 34.8 Å². The SMILES string of the molecule is CCN(CC(C)C(=O)O)C(=O)C=Cc1ccccc1Br. The van der Waals surface area contributed by atoms with Crippen LogP contribution < -0.4 is 0 Å². The van der Waals surface area contributed by atoms with Crippen LogP contribution in [0, 0.1) is 5.92 Å². The van der Waals surface area contributed by atoms with Crippen molar-refractivity contribution in [2.24, 2.45) is 5.92 Å². The molecular weight excluding hydrogens is 322 g/mol. The first-order valence-corrected chi connectivity index (χ1v) is 7.19. The Morgan fingerprint density at radius 1 is 1.40 bits per heavy atom. The molecule has 4 nitrogen and oxygen atoms in total. The van der Waals surface area contributed by atoms with Gasteiger partial charge in [0.05, 0.1) is 5.92 Å². The lowest BCUT2D eigenvalue weighted by Crippen LogP contribution is -2.35. The molecule has 0 heterocycles. The van der Waals surface area contributed by atoms with Crippen LogP contribution in [0.5, 0.6) is 0 Å². The van der Waals surface area contributed by atoms with Crippen LogP contribution in [0.2, 0.25) is 0 Å². The van der Waals surface area contributed by atoms with Crippen molar-refractivity contribution in [3.05, 3.63) is 40.4 Å². The average molecular weight is 340 g/mol. The number of amides is 1. The van der Waals surface area contributed by atoms with Crippen LogP contribution in [0.3, 0.4) is 0 Å². The maximum Gasteiger partial charge on any atom is 0.308 e. The Morgan fingerprint density at radius 3 is 2.60 bits per heavy atom. The lowest BCUT2D eigenvalue weighted by Gasteiger charge is -2.21. The maximum absolute atomic E-state index is 12.0. The number of carbonyl (C=O) groups is 2. The van der Waals surface area contributed by atoms with Crippen molar-refractivity contribution in [2.75, 3.05) is 13.1 Å². The van der Waals surface area contributed by atoms with Crippen LogP contribution >= 0.6 is 15.9 Å². The second-order valence-electron chi connectivity index (χ2n) is 4.47. The summed E-state index contributed by atoms with van der Waals surface area (Å²) in [6, 6.07) is 7.58. The molecule has 0 saturated heterocycles. The molecule has 1 aromatic carbocycles. The molecule has 1 atom stereocenters. The summed E-state index contributed by atoms with van der Waals surface area (Å²) in [5.74, 6) is -1.65. The Morgan fingerprint density at radius 2 is 2.05 bits per heavy atom. The quantitative estimate of drug-likeness (QED) is 0.810. The highest BCUT2D eigenvalue weighted by Crippen LogP contribution is 2.17. The summed E-state index contributed by atoms with van der Waals surface area (Å²) in [5, 5.41) is 8.89. The molecule has 1 N–H and O–H groups in total. The van der Waals surface area contributed by atoms with Crippen LogP contribution in [-0.2, 0) is 9.59 Å². The highest BCUT2D eigenvalue weighted by Gasteiger charge is 2.17. The number of hydrogen-bond donors (Lipinski definition) is 1. The number of carboxylic acids is 1. The number of likely N-dealkylation sites (N-methyl/N-ethyl adjacent to an activating group) is 1. The fourth-order valence-electron chi connectivity index (χ4n) is 1.66. The van der Waals surface area contributed by atoms with E-state index in [1.807, 2.05) is 31.2 Å². The molecule has 1 rings (SSSR count). The van der Waals surface area contributed by atoms with E-state index in [2.05, 4.69) is 15.9 Å². The van der Waals surface area contributed by atoms with Gasteiger partial charge in [-0.25, -0.2) is 0 Å². The van der Waals surface area contributed by atoms with Gasteiger partial charge in [0.1, 0.15) is 0 Å². The summed E-state index contributed by atoms with van der Waals surface area (Å²) in [6.07, 6.45) is 3.19. The van der Waals surface area contributed by atoms with Gasteiger partial charge < -0.3 is 10.0 Å². The van der Waals surface area contributed by atoms with E-state index < -0.39 is 11.9 Å². The van der Waals surface area contributed by atoms with Gasteiger partial charge in [0, 0.05) is 23.6 Å². The van der Waals surface area contributed by atoms with Crippen LogP contribution in [-0.4, -0.2) is 35.0 Å². The highest BCUT2D eigenvalue weighted by atomic mass is 79.9. The number of hydrogen-bond acceptors (Lipinski definition) is 2. The van der Waals surface area contributed by atoms with Gasteiger partial charge in [-0.2, -0.15) is 0 Å².